The minimum absolute atomic E-state index is 0. The van der Waals surface area contributed by atoms with Crippen molar-refractivity contribution in [3.8, 4) is 0 Å². The van der Waals surface area contributed by atoms with Crippen LogP contribution in [0.4, 0.5) is 0 Å². The molecule has 2 aliphatic heterocycles. The molecule has 24 heavy (non-hydrogen) atoms. The molecule has 0 aromatic carbocycles. The van der Waals surface area contributed by atoms with Gasteiger partial charge in [-0.1, -0.05) is 12.8 Å². The smallest absolute Gasteiger partial charge is 0.243 e. The van der Waals surface area contributed by atoms with Gasteiger partial charge in [0.05, 0.1) is 5.88 Å². The minimum Gasteiger partial charge on any atom is -0.354 e. The van der Waals surface area contributed by atoms with E-state index in [1.165, 1.54) is 12.8 Å². The van der Waals surface area contributed by atoms with Gasteiger partial charge in [0, 0.05) is 18.2 Å². The lowest BCUT2D eigenvalue weighted by Crippen LogP contribution is -2.49. The second kappa shape index (κ2) is 9.88. The van der Waals surface area contributed by atoms with Gasteiger partial charge in [-0.15, -0.1) is 24.2 Å². The van der Waals surface area contributed by atoms with Crippen LogP contribution in [-0.2, 0) is 9.59 Å². The third-order valence-corrected chi connectivity index (χ3v) is 6.44. The lowest BCUT2D eigenvalue weighted by atomic mass is 9.96. The van der Waals surface area contributed by atoms with E-state index in [-0.39, 0.29) is 36.2 Å². The summed E-state index contributed by atoms with van der Waals surface area (Å²) >= 11 is 1.70. The van der Waals surface area contributed by atoms with E-state index >= 15 is 0 Å². The maximum atomic E-state index is 12.6. The Kier molecular flexibility index (Phi) is 8.17. The van der Waals surface area contributed by atoms with Crippen molar-refractivity contribution in [1.82, 2.24) is 15.5 Å². The van der Waals surface area contributed by atoms with Gasteiger partial charge in [0.2, 0.25) is 11.8 Å². The molecule has 2 unspecified atom stereocenters. The first-order valence-electron chi connectivity index (χ1n) is 9.12. The number of carbonyl (C=O) groups excluding carboxylic acids is 2. The maximum Gasteiger partial charge on any atom is 0.243 e. The number of rotatable bonds is 5. The number of piperidine rings is 1. The molecule has 1 aliphatic carbocycles. The summed E-state index contributed by atoms with van der Waals surface area (Å²) in [7, 11) is 0. The molecule has 3 fully saturated rings. The number of nitrogens with one attached hydrogen (secondary N) is 2. The Morgan fingerprint density at radius 1 is 1.17 bits per heavy atom. The first-order valence-corrected chi connectivity index (χ1v) is 10.3. The average molecular weight is 376 g/mol. The fourth-order valence-corrected chi connectivity index (χ4v) is 5.14. The minimum atomic E-state index is -0.252. The van der Waals surface area contributed by atoms with Crippen LogP contribution in [0.3, 0.4) is 0 Å². The second-order valence-corrected chi connectivity index (χ2v) is 8.10. The summed E-state index contributed by atoms with van der Waals surface area (Å²) in [5.74, 6) is 2.53. The Morgan fingerprint density at radius 2 is 1.96 bits per heavy atom. The summed E-state index contributed by atoms with van der Waals surface area (Å²) in [5.41, 5.74) is 0. The van der Waals surface area contributed by atoms with Crippen molar-refractivity contribution in [3.63, 3.8) is 0 Å². The number of thioether (sulfide) groups is 1. The molecule has 2 atom stereocenters. The van der Waals surface area contributed by atoms with E-state index < -0.39 is 0 Å². The molecule has 1 saturated carbocycles. The number of amides is 2. The molecule has 2 heterocycles. The molecular formula is C17H30ClN3O2S. The number of hydrogen-bond donors (Lipinski definition) is 2. The van der Waals surface area contributed by atoms with Crippen LogP contribution in [0.5, 0.6) is 0 Å². The molecule has 138 valence electrons. The third-order valence-electron chi connectivity index (χ3n) is 5.42. The summed E-state index contributed by atoms with van der Waals surface area (Å²) in [6.45, 7) is 2.93. The van der Waals surface area contributed by atoms with Crippen LogP contribution in [0.25, 0.3) is 0 Å². The SMILES string of the molecule is Cl.O=C(NCCC1CCCNC1)C1CSCN1C(=O)C1CCCC1. The van der Waals surface area contributed by atoms with Crippen LogP contribution in [0.15, 0.2) is 0 Å². The zero-order valence-electron chi connectivity index (χ0n) is 14.3. The molecule has 0 aromatic rings. The number of hydrogen-bond acceptors (Lipinski definition) is 4. The molecule has 2 saturated heterocycles. The molecule has 3 aliphatic rings. The highest BCUT2D eigenvalue weighted by Crippen LogP contribution is 2.30. The van der Waals surface area contributed by atoms with Gasteiger partial charge in [-0.3, -0.25) is 9.59 Å². The van der Waals surface area contributed by atoms with E-state index in [0.717, 1.165) is 57.5 Å². The van der Waals surface area contributed by atoms with Crippen molar-refractivity contribution in [3.05, 3.63) is 0 Å². The van der Waals surface area contributed by atoms with Gasteiger partial charge in [-0.2, -0.15) is 0 Å². The Morgan fingerprint density at radius 3 is 2.67 bits per heavy atom. The molecular weight excluding hydrogens is 346 g/mol. The molecule has 0 aromatic heterocycles. The average Bonchev–Trinajstić information content (AvgIpc) is 3.27. The van der Waals surface area contributed by atoms with Crippen LogP contribution in [0, 0.1) is 11.8 Å². The van der Waals surface area contributed by atoms with Crippen molar-refractivity contribution in [1.29, 1.82) is 0 Å². The standard InChI is InChI=1S/C17H29N3O2S.ClH/c21-16(19-9-7-13-4-3-8-18-10-13)15-11-23-12-20(15)17(22)14-5-1-2-6-14;/h13-15,18H,1-12H2,(H,19,21);1H. The van der Waals surface area contributed by atoms with Crippen LogP contribution in [0.1, 0.15) is 44.9 Å². The lowest BCUT2D eigenvalue weighted by molar-refractivity contribution is -0.141. The van der Waals surface area contributed by atoms with Gasteiger partial charge in [0.1, 0.15) is 6.04 Å². The first-order chi connectivity index (χ1) is 11.3. The summed E-state index contributed by atoms with van der Waals surface area (Å²) in [4.78, 5) is 26.9. The van der Waals surface area contributed by atoms with Gasteiger partial charge < -0.3 is 15.5 Å². The molecule has 3 rings (SSSR count). The second-order valence-electron chi connectivity index (χ2n) is 7.10. The van der Waals surface area contributed by atoms with E-state index in [9.17, 15) is 9.59 Å². The molecule has 0 bridgehead atoms. The van der Waals surface area contributed by atoms with Gasteiger partial charge >= 0.3 is 0 Å². The maximum absolute atomic E-state index is 12.6. The molecule has 0 radical (unpaired) electrons. The predicted molar refractivity (Wildman–Crippen MR) is 100 cm³/mol. The van der Waals surface area contributed by atoms with E-state index in [4.69, 9.17) is 0 Å². The quantitative estimate of drug-likeness (QED) is 0.771. The van der Waals surface area contributed by atoms with Crippen molar-refractivity contribution in [2.45, 2.75) is 51.0 Å². The van der Waals surface area contributed by atoms with Gasteiger partial charge in [0.25, 0.3) is 0 Å². The lowest BCUT2D eigenvalue weighted by Gasteiger charge is -2.26. The Hall–Kier alpha value is -0.460. The van der Waals surface area contributed by atoms with Crippen LogP contribution in [0.2, 0.25) is 0 Å². The van der Waals surface area contributed by atoms with Crippen LogP contribution < -0.4 is 10.6 Å². The highest BCUT2D eigenvalue weighted by molar-refractivity contribution is 7.99. The van der Waals surface area contributed by atoms with Crippen LogP contribution >= 0.6 is 24.2 Å². The highest BCUT2D eigenvalue weighted by Gasteiger charge is 2.38. The summed E-state index contributed by atoms with van der Waals surface area (Å²) in [6, 6.07) is -0.252. The van der Waals surface area contributed by atoms with E-state index in [2.05, 4.69) is 10.6 Å². The normalized spacial score (nSPS) is 27.8. The predicted octanol–water partition coefficient (Wildman–Crippen LogP) is 2.01. The van der Waals surface area contributed by atoms with Gasteiger partial charge in [-0.05, 0) is 51.1 Å². The van der Waals surface area contributed by atoms with Crippen LogP contribution in [-0.4, -0.2) is 54.0 Å². The molecule has 2 N–H and O–H groups in total. The number of nitrogens with zero attached hydrogens (tertiary/aromatic N) is 1. The fraction of sp³-hybridized carbons (Fsp3) is 0.882. The van der Waals surface area contributed by atoms with E-state index in [0.29, 0.717) is 11.8 Å². The van der Waals surface area contributed by atoms with Crippen molar-refractivity contribution in [2.24, 2.45) is 11.8 Å². The monoisotopic (exact) mass is 375 g/mol. The topological polar surface area (TPSA) is 61.4 Å². The third kappa shape index (κ3) is 5.02. The van der Waals surface area contributed by atoms with E-state index in [1.54, 1.807) is 11.8 Å². The van der Waals surface area contributed by atoms with Gasteiger partial charge in [-0.25, -0.2) is 0 Å². The van der Waals surface area contributed by atoms with E-state index in [1.807, 2.05) is 4.90 Å². The Balaban J connectivity index is 0.00000208. The zero-order valence-corrected chi connectivity index (χ0v) is 15.9. The molecule has 7 heteroatoms. The first kappa shape index (κ1) is 19.9. The van der Waals surface area contributed by atoms with Gasteiger partial charge in [0.15, 0.2) is 0 Å². The molecule has 0 spiro atoms. The largest absolute Gasteiger partial charge is 0.354 e. The fourth-order valence-electron chi connectivity index (χ4n) is 3.97. The Labute approximate surface area is 155 Å². The molecule has 2 amide bonds. The summed E-state index contributed by atoms with van der Waals surface area (Å²) < 4.78 is 0. The van der Waals surface area contributed by atoms with Crippen molar-refractivity contribution >= 4 is 36.0 Å². The zero-order chi connectivity index (χ0) is 16.1. The summed E-state index contributed by atoms with van der Waals surface area (Å²) in [6.07, 6.45) is 7.85. The highest BCUT2D eigenvalue weighted by atomic mass is 35.5. The van der Waals surface area contributed by atoms with Crippen molar-refractivity contribution in [2.75, 3.05) is 31.3 Å². The van der Waals surface area contributed by atoms with Crippen molar-refractivity contribution < 1.29 is 9.59 Å². The number of halogens is 1. The summed E-state index contributed by atoms with van der Waals surface area (Å²) in [5, 5.41) is 6.49. The molecule has 5 nitrogen and oxygen atoms in total. The Bertz CT molecular complexity index is 426. The number of carbonyl (C=O) groups is 2.